The number of likely N-dealkylation sites (tertiary alicyclic amines) is 1. The number of nitrogens with one attached hydrogen (secondary N) is 1. The molecule has 118 valence electrons. The van der Waals surface area contributed by atoms with E-state index in [0.717, 1.165) is 13.1 Å². The predicted molar refractivity (Wildman–Crippen MR) is 82.4 cm³/mol. The number of carbonyl (C=O) groups is 2. The highest BCUT2D eigenvalue weighted by atomic mass is 16.2. The molecule has 6 heteroatoms. The van der Waals surface area contributed by atoms with Gasteiger partial charge in [0.25, 0.3) is 5.91 Å². The van der Waals surface area contributed by atoms with Crippen molar-refractivity contribution >= 4 is 11.8 Å². The molecule has 1 spiro atoms. The van der Waals surface area contributed by atoms with E-state index in [1.807, 2.05) is 11.0 Å². The van der Waals surface area contributed by atoms with Gasteiger partial charge in [-0.25, -0.2) is 0 Å². The van der Waals surface area contributed by atoms with Gasteiger partial charge >= 0.3 is 0 Å². The highest BCUT2D eigenvalue weighted by molar-refractivity contribution is 5.93. The summed E-state index contributed by atoms with van der Waals surface area (Å²) in [5.41, 5.74) is 0.0346. The first kappa shape index (κ1) is 15.0. The Bertz CT molecular complexity index is 553. The van der Waals surface area contributed by atoms with Crippen LogP contribution in [0.3, 0.4) is 0 Å². The molecule has 22 heavy (non-hydrogen) atoms. The van der Waals surface area contributed by atoms with Crippen molar-refractivity contribution in [2.24, 2.45) is 0 Å². The van der Waals surface area contributed by atoms with E-state index in [1.54, 1.807) is 18.3 Å². The van der Waals surface area contributed by atoms with Crippen LogP contribution < -0.4 is 5.32 Å². The fraction of sp³-hybridized carbons (Fsp3) is 0.562. The number of rotatable bonds is 2. The standard InChI is InChI=1S/C16H22N4O2/c1-2-20-12-9-18-15(22)16(20)6-10-19(11-7-16)14(21)13-5-3-4-8-17-13/h3-5,8H,2,6-7,9-12H2,1H3,(H,18,22). The van der Waals surface area contributed by atoms with Crippen molar-refractivity contribution in [3.05, 3.63) is 30.1 Å². The molecule has 0 aliphatic carbocycles. The summed E-state index contributed by atoms with van der Waals surface area (Å²) in [6.07, 6.45) is 3.00. The molecule has 0 atom stereocenters. The molecule has 0 radical (unpaired) electrons. The third-order valence-electron chi connectivity index (χ3n) is 4.84. The number of hydrogen-bond acceptors (Lipinski definition) is 4. The summed E-state index contributed by atoms with van der Waals surface area (Å²) < 4.78 is 0. The Hall–Kier alpha value is -1.95. The van der Waals surface area contributed by atoms with E-state index in [9.17, 15) is 9.59 Å². The van der Waals surface area contributed by atoms with Gasteiger partial charge < -0.3 is 10.2 Å². The molecule has 0 bridgehead atoms. The lowest BCUT2D eigenvalue weighted by Crippen LogP contribution is -2.68. The molecule has 3 heterocycles. The first-order chi connectivity index (χ1) is 10.7. The van der Waals surface area contributed by atoms with E-state index in [0.29, 0.717) is 38.2 Å². The summed E-state index contributed by atoms with van der Waals surface area (Å²) in [6, 6.07) is 5.35. The topological polar surface area (TPSA) is 65.5 Å². The molecule has 1 N–H and O–H groups in total. The SMILES string of the molecule is CCN1CCNC(=O)C12CCN(C(=O)c1ccccn1)CC2. The number of aromatic nitrogens is 1. The molecular formula is C16H22N4O2. The summed E-state index contributed by atoms with van der Waals surface area (Å²) in [7, 11) is 0. The van der Waals surface area contributed by atoms with Gasteiger partial charge in [-0.3, -0.25) is 19.5 Å². The average Bonchev–Trinajstić information content (AvgIpc) is 2.58. The molecular weight excluding hydrogens is 280 g/mol. The summed E-state index contributed by atoms with van der Waals surface area (Å²) in [6.45, 7) is 5.74. The Morgan fingerprint density at radius 1 is 1.32 bits per heavy atom. The zero-order chi connectivity index (χ0) is 15.6. The minimum Gasteiger partial charge on any atom is -0.353 e. The van der Waals surface area contributed by atoms with Crippen LogP contribution in [0.5, 0.6) is 0 Å². The molecule has 0 unspecified atom stereocenters. The first-order valence-electron chi connectivity index (χ1n) is 7.91. The Morgan fingerprint density at radius 3 is 2.73 bits per heavy atom. The van der Waals surface area contributed by atoms with Gasteiger partial charge in [0.15, 0.2) is 0 Å². The second kappa shape index (κ2) is 6.04. The zero-order valence-electron chi connectivity index (χ0n) is 12.9. The van der Waals surface area contributed by atoms with Crippen molar-refractivity contribution < 1.29 is 9.59 Å². The van der Waals surface area contributed by atoms with Gasteiger partial charge in [-0.05, 0) is 31.5 Å². The average molecular weight is 302 g/mol. The van der Waals surface area contributed by atoms with E-state index >= 15 is 0 Å². The van der Waals surface area contributed by atoms with Crippen LogP contribution in [0.25, 0.3) is 0 Å². The van der Waals surface area contributed by atoms with Gasteiger partial charge in [0.1, 0.15) is 11.2 Å². The minimum absolute atomic E-state index is 0.0466. The van der Waals surface area contributed by atoms with Crippen LogP contribution in [0.4, 0.5) is 0 Å². The van der Waals surface area contributed by atoms with Crippen LogP contribution >= 0.6 is 0 Å². The third kappa shape index (κ3) is 2.47. The summed E-state index contributed by atoms with van der Waals surface area (Å²) in [5, 5.41) is 2.99. The van der Waals surface area contributed by atoms with Gasteiger partial charge in [0.05, 0.1) is 0 Å². The van der Waals surface area contributed by atoms with Crippen LogP contribution in [0.1, 0.15) is 30.3 Å². The molecule has 2 fully saturated rings. The molecule has 1 aromatic rings. The van der Waals surface area contributed by atoms with Crippen LogP contribution in [0.15, 0.2) is 24.4 Å². The molecule has 0 saturated carbocycles. The maximum absolute atomic E-state index is 12.5. The van der Waals surface area contributed by atoms with E-state index in [2.05, 4.69) is 22.1 Å². The highest BCUT2D eigenvalue weighted by Gasteiger charge is 2.47. The molecule has 6 nitrogen and oxygen atoms in total. The van der Waals surface area contributed by atoms with Crippen molar-refractivity contribution in [3.8, 4) is 0 Å². The Kier molecular flexibility index (Phi) is 4.11. The Labute approximate surface area is 130 Å². The lowest BCUT2D eigenvalue weighted by molar-refractivity contribution is -0.140. The minimum atomic E-state index is -0.437. The third-order valence-corrected chi connectivity index (χ3v) is 4.84. The highest BCUT2D eigenvalue weighted by Crippen LogP contribution is 2.31. The molecule has 3 rings (SSSR count). The molecule has 2 amide bonds. The number of amides is 2. The van der Waals surface area contributed by atoms with E-state index in [4.69, 9.17) is 0 Å². The first-order valence-corrected chi connectivity index (χ1v) is 7.91. The molecule has 2 saturated heterocycles. The fourth-order valence-electron chi connectivity index (χ4n) is 3.56. The van der Waals surface area contributed by atoms with Crippen molar-refractivity contribution in [2.45, 2.75) is 25.3 Å². The van der Waals surface area contributed by atoms with E-state index in [-0.39, 0.29) is 11.8 Å². The monoisotopic (exact) mass is 302 g/mol. The van der Waals surface area contributed by atoms with Crippen LogP contribution in [0, 0.1) is 0 Å². The van der Waals surface area contributed by atoms with Gasteiger partial charge in [0.2, 0.25) is 5.91 Å². The van der Waals surface area contributed by atoms with Crippen LogP contribution in [0.2, 0.25) is 0 Å². The lowest BCUT2D eigenvalue weighted by Gasteiger charge is -2.49. The molecule has 1 aromatic heterocycles. The maximum atomic E-state index is 12.5. The normalized spacial score (nSPS) is 21.7. The van der Waals surface area contributed by atoms with Gasteiger partial charge in [-0.15, -0.1) is 0 Å². The maximum Gasteiger partial charge on any atom is 0.272 e. The second-order valence-electron chi connectivity index (χ2n) is 5.87. The molecule has 0 aromatic carbocycles. The number of carbonyl (C=O) groups excluding carboxylic acids is 2. The van der Waals surface area contributed by atoms with Crippen molar-refractivity contribution in [1.29, 1.82) is 0 Å². The van der Waals surface area contributed by atoms with Gasteiger partial charge in [-0.2, -0.15) is 0 Å². The van der Waals surface area contributed by atoms with Gasteiger partial charge in [0, 0.05) is 32.4 Å². The second-order valence-corrected chi connectivity index (χ2v) is 5.87. The fourth-order valence-corrected chi connectivity index (χ4v) is 3.56. The summed E-state index contributed by atoms with van der Waals surface area (Å²) in [4.78, 5) is 33.1. The Morgan fingerprint density at radius 2 is 2.09 bits per heavy atom. The van der Waals surface area contributed by atoms with Crippen LogP contribution in [-0.4, -0.2) is 64.9 Å². The number of likely N-dealkylation sites (N-methyl/N-ethyl adjacent to an activating group) is 1. The number of nitrogens with zero attached hydrogens (tertiary/aromatic N) is 3. The van der Waals surface area contributed by atoms with Gasteiger partial charge in [-0.1, -0.05) is 13.0 Å². The molecule has 2 aliphatic heterocycles. The summed E-state index contributed by atoms with van der Waals surface area (Å²) >= 11 is 0. The molecule has 2 aliphatic rings. The van der Waals surface area contributed by atoms with Crippen LogP contribution in [-0.2, 0) is 4.79 Å². The summed E-state index contributed by atoms with van der Waals surface area (Å²) in [5.74, 6) is 0.0697. The van der Waals surface area contributed by atoms with E-state index in [1.165, 1.54) is 0 Å². The predicted octanol–water partition coefficient (Wildman–Crippen LogP) is 0.508. The number of hydrogen-bond donors (Lipinski definition) is 1. The zero-order valence-corrected chi connectivity index (χ0v) is 12.9. The number of piperidine rings is 1. The van der Waals surface area contributed by atoms with E-state index < -0.39 is 5.54 Å². The van der Waals surface area contributed by atoms with Crippen molar-refractivity contribution in [1.82, 2.24) is 20.1 Å². The number of piperazine rings is 1. The number of pyridine rings is 1. The van der Waals surface area contributed by atoms with Crippen molar-refractivity contribution in [3.63, 3.8) is 0 Å². The van der Waals surface area contributed by atoms with Crippen molar-refractivity contribution in [2.75, 3.05) is 32.7 Å². The lowest BCUT2D eigenvalue weighted by atomic mass is 9.83. The quantitative estimate of drug-likeness (QED) is 0.864. The smallest absolute Gasteiger partial charge is 0.272 e. The largest absolute Gasteiger partial charge is 0.353 e. The Balaban J connectivity index is 1.71.